The molecule has 7 heteroatoms. The van der Waals surface area contributed by atoms with Crippen molar-refractivity contribution in [3.05, 3.63) is 24.3 Å². The predicted molar refractivity (Wildman–Crippen MR) is 88.1 cm³/mol. The van der Waals surface area contributed by atoms with Gasteiger partial charge in [0.1, 0.15) is 11.6 Å². The number of hydrogen-bond acceptors (Lipinski definition) is 6. The number of benzene rings is 1. The maximum absolute atomic E-state index is 12.0. The summed E-state index contributed by atoms with van der Waals surface area (Å²) >= 11 is 1.19. The Kier molecular flexibility index (Phi) is 6.04. The van der Waals surface area contributed by atoms with Gasteiger partial charge < -0.3 is 14.5 Å². The second-order valence-corrected chi connectivity index (χ2v) is 6.44. The summed E-state index contributed by atoms with van der Waals surface area (Å²) < 4.78 is 10.3. The van der Waals surface area contributed by atoms with Crippen LogP contribution in [-0.2, 0) is 14.3 Å². The molecule has 6 nitrogen and oxygen atoms in total. The summed E-state index contributed by atoms with van der Waals surface area (Å²) in [5, 5.41) is 3.13. The number of amides is 1. The van der Waals surface area contributed by atoms with E-state index in [1.807, 2.05) is 38.1 Å². The number of aromatic nitrogens is 1. The van der Waals surface area contributed by atoms with Crippen LogP contribution in [0.2, 0.25) is 0 Å². The summed E-state index contributed by atoms with van der Waals surface area (Å²) in [5.74, 6) is -0.297. The second-order valence-electron chi connectivity index (χ2n) is 5.51. The first-order valence-electron chi connectivity index (χ1n) is 7.35. The molecule has 0 radical (unpaired) electrons. The lowest BCUT2D eigenvalue weighted by molar-refractivity contribution is -0.145. The molecule has 1 atom stereocenters. The van der Waals surface area contributed by atoms with Crippen LogP contribution < -0.4 is 5.32 Å². The molecule has 0 unspecified atom stereocenters. The van der Waals surface area contributed by atoms with Gasteiger partial charge in [0.05, 0.1) is 12.9 Å². The highest BCUT2D eigenvalue weighted by atomic mass is 32.2. The van der Waals surface area contributed by atoms with E-state index < -0.39 is 12.0 Å². The Labute approximate surface area is 139 Å². The van der Waals surface area contributed by atoms with Crippen molar-refractivity contribution < 1.29 is 18.7 Å². The number of esters is 1. The minimum Gasteiger partial charge on any atom is -0.467 e. The first-order chi connectivity index (χ1) is 11.0. The van der Waals surface area contributed by atoms with Crippen molar-refractivity contribution in [2.45, 2.75) is 31.5 Å². The molecule has 1 N–H and O–H groups in total. The van der Waals surface area contributed by atoms with Crippen LogP contribution in [0.25, 0.3) is 11.1 Å². The van der Waals surface area contributed by atoms with Crippen molar-refractivity contribution in [3.63, 3.8) is 0 Å². The first kappa shape index (κ1) is 17.3. The van der Waals surface area contributed by atoms with Gasteiger partial charge in [-0.3, -0.25) is 4.79 Å². The SMILES string of the molecule is COC(=O)[C@@H](CC(C)C)NC(=O)CSc1nc2ccccc2o1. The van der Waals surface area contributed by atoms with Gasteiger partial charge in [-0.1, -0.05) is 37.7 Å². The Morgan fingerprint density at radius 1 is 1.35 bits per heavy atom. The van der Waals surface area contributed by atoms with Crippen LogP contribution in [0.3, 0.4) is 0 Å². The maximum atomic E-state index is 12.0. The molecular formula is C16H20N2O4S. The van der Waals surface area contributed by atoms with Crippen LogP contribution in [0.1, 0.15) is 20.3 Å². The van der Waals surface area contributed by atoms with E-state index in [9.17, 15) is 9.59 Å². The standard InChI is InChI=1S/C16H20N2O4S/c1-10(2)8-12(15(20)21-3)17-14(19)9-23-16-18-11-6-4-5-7-13(11)22-16/h4-7,10,12H,8-9H2,1-3H3,(H,17,19)/t12-/m1/s1. The van der Waals surface area contributed by atoms with Gasteiger partial charge in [0.25, 0.3) is 5.22 Å². The number of fused-ring (bicyclic) bond motifs is 1. The van der Waals surface area contributed by atoms with E-state index in [1.165, 1.54) is 18.9 Å². The number of hydrogen-bond donors (Lipinski definition) is 1. The highest BCUT2D eigenvalue weighted by Gasteiger charge is 2.22. The van der Waals surface area contributed by atoms with Crippen LogP contribution in [-0.4, -0.2) is 35.8 Å². The van der Waals surface area contributed by atoms with Crippen molar-refractivity contribution in [2.75, 3.05) is 12.9 Å². The number of nitrogens with zero attached hydrogens (tertiary/aromatic N) is 1. The Morgan fingerprint density at radius 2 is 2.09 bits per heavy atom. The summed E-state index contributed by atoms with van der Waals surface area (Å²) in [6.07, 6.45) is 0.534. The molecule has 1 amide bonds. The average Bonchev–Trinajstić information content (AvgIpc) is 2.94. The van der Waals surface area contributed by atoms with Gasteiger partial charge in [-0.05, 0) is 24.5 Å². The number of carbonyl (C=O) groups is 2. The summed E-state index contributed by atoms with van der Waals surface area (Å²) in [5.41, 5.74) is 1.44. The molecule has 2 aromatic rings. The number of thioether (sulfide) groups is 1. The van der Waals surface area contributed by atoms with Crippen LogP contribution in [0.4, 0.5) is 0 Å². The quantitative estimate of drug-likeness (QED) is 0.618. The number of ether oxygens (including phenoxy) is 1. The zero-order valence-corrected chi connectivity index (χ0v) is 14.2. The molecule has 2 rings (SSSR count). The first-order valence-corrected chi connectivity index (χ1v) is 8.33. The van der Waals surface area contributed by atoms with E-state index in [0.29, 0.717) is 17.2 Å². The van der Waals surface area contributed by atoms with E-state index >= 15 is 0 Å². The van der Waals surface area contributed by atoms with Crippen LogP contribution in [0, 0.1) is 5.92 Å². The molecule has 124 valence electrons. The molecule has 1 aromatic heterocycles. The van der Waals surface area contributed by atoms with Crippen LogP contribution in [0.15, 0.2) is 33.9 Å². The van der Waals surface area contributed by atoms with Gasteiger partial charge in [0.2, 0.25) is 5.91 Å². The highest BCUT2D eigenvalue weighted by Crippen LogP contribution is 2.22. The number of oxazole rings is 1. The van der Waals surface area contributed by atoms with Gasteiger partial charge >= 0.3 is 5.97 Å². The third-order valence-corrected chi connectivity index (χ3v) is 3.96. The van der Waals surface area contributed by atoms with Gasteiger partial charge in [-0.15, -0.1) is 0 Å². The molecule has 0 aliphatic rings. The lowest BCUT2D eigenvalue weighted by Gasteiger charge is -2.17. The number of para-hydroxylation sites is 2. The number of methoxy groups -OCH3 is 1. The third kappa shape index (κ3) is 4.99. The molecule has 0 saturated carbocycles. The minimum atomic E-state index is -0.628. The molecule has 0 spiro atoms. The van der Waals surface area contributed by atoms with Gasteiger partial charge in [0, 0.05) is 0 Å². The summed E-state index contributed by atoms with van der Waals surface area (Å²) in [6, 6.07) is 6.78. The van der Waals surface area contributed by atoms with Gasteiger partial charge in [-0.25, -0.2) is 9.78 Å². The van der Waals surface area contributed by atoms with Crippen LogP contribution in [0.5, 0.6) is 0 Å². The van der Waals surface area contributed by atoms with E-state index in [-0.39, 0.29) is 17.6 Å². The predicted octanol–water partition coefficient (Wildman–Crippen LogP) is 2.62. The largest absolute Gasteiger partial charge is 0.467 e. The van der Waals surface area contributed by atoms with Crippen LogP contribution >= 0.6 is 11.8 Å². The smallest absolute Gasteiger partial charge is 0.328 e. The molecular weight excluding hydrogens is 316 g/mol. The maximum Gasteiger partial charge on any atom is 0.328 e. The lowest BCUT2D eigenvalue weighted by Crippen LogP contribution is -2.43. The fourth-order valence-corrected chi connectivity index (χ4v) is 2.75. The normalized spacial score (nSPS) is 12.3. The molecule has 0 bridgehead atoms. The monoisotopic (exact) mass is 336 g/mol. The van der Waals surface area contributed by atoms with E-state index in [4.69, 9.17) is 9.15 Å². The molecule has 0 fully saturated rings. The van der Waals surface area contributed by atoms with E-state index in [2.05, 4.69) is 10.3 Å². The van der Waals surface area contributed by atoms with E-state index in [1.54, 1.807) is 0 Å². The van der Waals surface area contributed by atoms with Crippen molar-refractivity contribution in [3.8, 4) is 0 Å². The number of carbonyl (C=O) groups excluding carboxylic acids is 2. The average molecular weight is 336 g/mol. The van der Waals surface area contributed by atoms with Crippen molar-refractivity contribution in [1.82, 2.24) is 10.3 Å². The summed E-state index contributed by atoms with van der Waals surface area (Å²) in [7, 11) is 1.31. The van der Waals surface area contributed by atoms with Gasteiger partial charge in [0.15, 0.2) is 5.58 Å². The zero-order valence-electron chi connectivity index (χ0n) is 13.4. The molecule has 23 heavy (non-hydrogen) atoms. The Morgan fingerprint density at radius 3 is 2.74 bits per heavy atom. The Balaban J connectivity index is 1.91. The van der Waals surface area contributed by atoms with Crippen molar-refractivity contribution in [2.24, 2.45) is 5.92 Å². The molecule has 1 heterocycles. The van der Waals surface area contributed by atoms with E-state index in [0.717, 1.165) is 5.52 Å². The number of nitrogens with one attached hydrogen (secondary N) is 1. The summed E-state index contributed by atoms with van der Waals surface area (Å²) in [4.78, 5) is 28.0. The Hall–Kier alpha value is -2.02. The van der Waals surface area contributed by atoms with Crippen molar-refractivity contribution in [1.29, 1.82) is 0 Å². The molecule has 1 aromatic carbocycles. The topological polar surface area (TPSA) is 81.4 Å². The second kappa shape index (κ2) is 8.01. The highest BCUT2D eigenvalue weighted by molar-refractivity contribution is 7.99. The fraction of sp³-hybridized carbons (Fsp3) is 0.438. The zero-order chi connectivity index (χ0) is 16.8. The molecule has 0 saturated heterocycles. The van der Waals surface area contributed by atoms with Gasteiger partial charge in [-0.2, -0.15) is 0 Å². The Bertz CT molecular complexity index is 651. The number of rotatable bonds is 7. The fourth-order valence-electron chi connectivity index (χ4n) is 2.10. The molecule has 0 aliphatic carbocycles. The summed E-state index contributed by atoms with van der Waals surface area (Å²) in [6.45, 7) is 3.96. The molecule has 0 aliphatic heterocycles. The third-order valence-electron chi connectivity index (χ3n) is 3.13. The van der Waals surface area contributed by atoms with Crippen molar-refractivity contribution >= 4 is 34.7 Å². The minimum absolute atomic E-state index is 0.123. The lowest BCUT2D eigenvalue weighted by atomic mass is 10.0.